The molecule has 0 atom stereocenters. The van der Waals surface area contributed by atoms with E-state index in [-0.39, 0.29) is 17.2 Å². The molecule has 23 aromatic rings. The lowest BCUT2D eigenvalue weighted by molar-refractivity contribution is 0.668. The first kappa shape index (κ1) is 61.1. The molecule has 532 valence electrons. The van der Waals surface area contributed by atoms with Crippen LogP contribution in [0.2, 0.25) is 0 Å². The Morgan fingerprint density at radius 3 is 0.956 bits per heavy atom. The summed E-state index contributed by atoms with van der Waals surface area (Å²) in [4.78, 5) is 30.8. The summed E-state index contributed by atoms with van der Waals surface area (Å²) in [6.07, 6.45) is 0. The summed E-state index contributed by atoms with van der Waals surface area (Å²) in [5, 5.41) is 13.0. The predicted molar refractivity (Wildman–Crippen MR) is 475 cm³/mol. The minimum atomic E-state index is -0.487. The maximum Gasteiger partial charge on any atom is 0.164 e. The van der Waals surface area contributed by atoms with E-state index in [1.54, 1.807) is 11.3 Å². The van der Waals surface area contributed by atoms with Gasteiger partial charge in [-0.2, -0.15) is 0 Å². The van der Waals surface area contributed by atoms with Crippen LogP contribution in [0, 0.1) is 0 Å². The molecule has 0 aliphatic rings. The van der Waals surface area contributed by atoms with Crippen molar-refractivity contribution in [2.24, 2.45) is 0 Å². The van der Waals surface area contributed by atoms with Crippen molar-refractivity contribution >= 4 is 128 Å². The molecule has 0 spiro atoms. The molecule has 0 amide bonds. The number of hydrogen-bond donors (Lipinski definition) is 0. The van der Waals surface area contributed by atoms with Crippen LogP contribution in [0.4, 0.5) is 0 Å². The van der Waals surface area contributed by atoms with E-state index in [1.165, 1.54) is 63.5 Å². The maximum atomic E-state index is 8.88. The fourth-order valence-corrected chi connectivity index (χ4v) is 19.0. The van der Waals surface area contributed by atoms with Crippen molar-refractivity contribution in [2.45, 2.75) is 0 Å². The van der Waals surface area contributed by atoms with Gasteiger partial charge in [-0.15, -0.1) is 22.7 Å². The molecule has 0 fully saturated rings. The highest BCUT2D eigenvalue weighted by Gasteiger charge is 2.24. The van der Waals surface area contributed by atoms with E-state index in [2.05, 4.69) is 255 Å². The van der Waals surface area contributed by atoms with E-state index in [1.807, 2.05) is 102 Å². The van der Waals surface area contributed by atoms with Crippen LogP contribution in [-0.4, -0.2) is 29.9 Å². The maximum absolute atomic E-state index is 8.88. The van der Waals surface area contributed by atoms with Gasteiger partial charge in [-0.25, -0.2) is 29.9 Å². The number of fused-ring (bicyclic) bond motifs is 14. The van der Waals surface area contributed by atoms with E-state index >= 15 is 0 Å². The van der Waals surface area contributed by atoms with Crippen LogP contribution in [0.5, 0.6) is 0 Å². The fourth-order valence-electron chi connectivity index (χ4n) is 16.2. The summed E-state index contributed by atoms with van der Waals surface area (Å²) in [6, 6.07) is 117. The Labute approximate surface area is 669 Å². The van der Waals surface area contributed by atoms with Gasteiger partial charge in [0.2, 0.25) is 0 Å². The summed E-state index contributed by atoms with van der Waals surface area (Å²) >= 11 is 3.64. The van der Waals surface area contributed by atoms with Crippen LogP contribution >= 0.6 is 22.7 Å². The Balaban J connectivity index is 0.000000143. The first-order chi connectivity index (χ1) is 58.5. The molecule has 0 bridgehead atoms. The van der Waals surface area contributed by atoms with Crippen LogP contribution < -0.4 is 0 Å². The summed E-state index contributed by atoms with van der Waals surface area (Å²) in [6.45, 7) is 0. The number of hydrogen-bond acceptors (Lipinski definition) is 10. The minimum absolute atomic E-state index is 0.0266. The zero-order valence-corrected chi connectivity index (χ0v) is 62.4. The number of aromatic nitrogens is 6. The molecule has 8 nitrogen and oxygen atoms in total. The van der Waals surface area contributed by atoms with Gasteiger partial charge in [0.25, 0.3) is 0 Å². The van der Waals surface area contributed by atoms with Gasteiger partial charge in [0.1, 0.15) is 22.3 Å². The van der Waals surface area contributed by atoms with Gasteiger partial charge >= 0.3 is 0 Å². The van der Waals surface area contributed by atoms with E-state index in [0.29, 0.717) is 40.0 Å². The lowest BCUT2D eigenvalue weighted by Gasteiger charge is -2.14. The van der Waals surface area contributed by atoms with E-state index < -0.39 is 30.2 Å². The third kappa shape index (κ3) is 11.7. The van der Waals surface area contributed by atoms with E-state index in [9.17, 15) is 0 Å². The smallest absolute Gasteiger partial charge is 0.164 e. The van der Waals surface area contributed by atoms with Gasteiger partial charge in [0.05, 0.1) is 6.85 Å². The first-order valence-corrected chi connectivity index (χ1v) is 39.3. The molecule has 6 heterocycles. The highest BCUT2D eigenvalue weighted by atomic mass is 32.1. The Bertz CT molecular complexity index is 8060. The topological polar surface area (TPSA) is 104 Å². The second-order valence-electron chi connectivity index (χ2n) is 28.3. The van der Waals surface area contributed by atoms with Crippen LogP contribution in [0.1, 0.15) is 6.85 Å². The largest absolute Gasteiger partial charge is 0.456 e. The SMILES string of the molecule is [2H]c1c([2H])c([2H])c(-c2nc(-c3ccc4c(c3)oc3ccccc34)nc(-c3cc(-c4cccc5c4sc4c(-c6ccccc6)cccc45)cc4ccccc34)n2)c([2H])c1[2H].c1ccc(-c2ccccc2-c2nc(-c3ccc4c(c3)oc3ccccc34)nc(-c3cc(-c4cccc5c4sc4c(-c6ccccc6)cccc45)cc4ccccc34)n2)cc1. The molecule has 0 radical (unpaired) electrons. The third-order valence-electron chi connectivity index (χ3n) is 21.6. The standard InChI is InChI=1S/C55H33N3OS.C49H29N3OS/c1-3-15-34(16-4-1)39-20-9-10-23-47(39)54-56-53(37-29-30-44-43-22-11-12-28-49(43)59-50(44)33-37)57-55(58-54)48-32-38(31-36-19-7-8-21-40(36)48)42-25-14-27-46-45-26-13-24-41(51(45)60-52(42)46)35-17-5-2-6-18-35;1-3-13-30(14-4-1)36-20-11-22-40-41-23-12-21-37(46(41)54-45(36)40)34-27-32-17-7-8-18-35(32)42(28-34)49-51-47(31-15-5-2-6-16-31)50-48(52-49)33-25-26-39-38-19-9-10-24-43(38)53-44(39)29-33/h1-33H;1-29H/i;2D,5D,6D,15D,16D. The highest BCUT2D eigenvalue weighted by molar-refractivity contribution is 7.27. The molecule has 0 N–H and O–H groups in total. The monoisotopic (exact) mass is 1500 g/mol. The second-order valence-corrected chi connectivity index (χ2v) is 30.3. The zero-order chi connectivity index (χ0) is 79.5. The molecule has 0 aliphatic carbocycles. The molecule has 23 rings (SSSR count). The Morgan fingerprint density at radius 1 is 0.193 bits per heavy atom. The normalized spacial score (nSPS) is 12.3. The number of furan rings is 2. The van der Waals surface area contributed by atoms with Gasteiger partial charge in [-0.1, -0.05) is 315 Å². The van der Waals surface area contributed by atoms with Crippen molar-refractivity contribution in [3.05, 3.63) is 376 Å². The van der Waals surface area contributed by atoms with Crippen molar-refractivity contribution < 1.29 is 15.7 Å². The second kappa shape index (κ2) is 27.7. The number of rotatable bonds is 11. The lowest BCUT2D eigenvalue weighted by Crippen LogP contribution is -2.01. The molecule has 114 heavy (non-hydrogen) atoms. The van der Waals surface area contributed by atoms with Crippen molar-refractivity contribution in [1.82, 2.24) is 29.9 Å². The number of thiophene rings is 2. The van der Waals surface area contributed by atoms with Gasteiger partial charge < -0.3 is 8.83 Å². The molecule has 0 saturated carbocycles. The average Bonchev–Trinajstić information content (AvgIpc) is 1.67. The fraction of sp³-hybridized carbons (Fsp3) is 0. The van der Waals surface area contributed by atoms with Crippen LogP contribution in [-0.2, 0) is 0 Å². The Kier molecular flexibility index (Phi) is 14.9. The molecule has 6 aromatic heterocycles. The zero-order valence-electron chi connectivity index (χ0n) is 65.7. The van der Waals surface area contributed by atoms with Crippen LogP contribution in [0.15, 0.2) is 385 Å². The highest BCUT2D eigenvalue weighted by Crippen LogP contribution is 2.49. The molecular formula is C104H62N6O2S2. The van der Waals surface area contributed by atoms with Crippen molar-refractivity contribution in [1.29, 1.82) is 0 Å². The number of nitrogens with zero attached hydrogens (tertiary/aromatic N) is 6. The molecule has 10 heteroatoms. The number of para-hydroxylation sites is 2. The van der Waals surface area contributed by atoms with Crippen LogP contribution in [0.25, 0.3) is 230 Å². The van der Waals surface area contributed by atoms with E-state index in [4.69, 9.17) is 45.6 Å². The first-order valence-electron chi connectivity index (χ1n) is 40.2. The molecule has 0 aliphatic heterocycles. The van der Waals surface area contributed by atoms with Gasteiger partial charge in [-0.3, -0.25) is 0 Å². The van der Waals surface area contributed by atoms with Gasteiger partial charge in [-0.05, 0) is 138 Å². The summed E-state index contributed by atoms with van der Waals surface area (Å²) in [5.74, 6) is 2.34. The average molecular weight is 1500 g/mol. The summed E-state index contributed by atoms with van der Waals surface area (Å²) in [5.41, 5.74) is 18.3. The molecule has 17 aromatic carbocycles. The molecular weight excluding hydrogens is 1430 g/mol. The van der Waals surface area contributed by atoms with Crippen LogP contribution in [0.3, 0.4) is 0 Å². The van der Waals surface area contributed by atoms with Gasteiger partial charge in [0.15, 0.2) is 34.9 Å². The quantitative estimate of drug-likeness (QED) is 0.126. The van der Waals surface area contributed by atoms with Gasteiger partial charge in [0, 0.05) is 95.3 Å². The predicted octanol–water partition coefficient (Wildman–Crippen LogP) is 28.9. The summed E-state index contributed by atoms with van der Waals surface area (Å²) in [7, 11) is 0. The Morgan fingerprint density at radius 2 is 0.509 bits per heavy atom. The number of benzene rings is 17. The van der Waals surface area contributed by atoms with Crippen molar-refractivity contribution in [3.8, 4) is 124 Å². The minimum Gasteiger partial charge on any atom is -0.456 e. The summed E-state index contributed by atoms with van der Waals surface area (Å²) < 4.78 is 60.5. The molecule has 0 unspecified atom stereocenters. The Hall–Kier alpha value is -14.7. The van der Waals surface area contributed by atoms with Crippen molar-refractivity contribution in [2.75, 3.05) is 0 Å². The van der Waals surface area contributed by atoms with E-state index in [0.717, 1.165) is 109 Å². The molecule has 0 saturated heterocycles. The lowest BCUT2D eigenvalue weighted by atomic mass is 9.95. The third-order valence-corrected chi connectivity index (χ3v) is 24.1. The van der Waals surface area contributed by atoms with Crippen molar-refractivity contribution in [3.63, 3.8) is 0 Å².